The SMILES string of the molecule is CCC[C@@H](CC)Oc1nc2c(c(-c3ccnc(C)c3)c1C#N)CCCC2. The van der Waals surface area contributed by atoms with Gasteiger partial charge in [0, 0.05) is 23.1 Å². The Morgan fingerprint density at radius 3 is 2.77 bits per heavy atom. The van der Waals surface area contributed by atoms with E-state index in [1.807, 2.05) is 19.2 Å². The second kappa shape index (κ2) is 8.31. The molecule has 0 fully saturated rings. The zero-order valence-corrected chi connectivity index (χ0v) is 16.0. The zero-order valence-electron chi connectivity index (χ0n) is 16.0. The van der Waals surface area contributed by atoms with Gasteiger partial charge in [0.2, 0.25) is 5.88 Å². The first-order valence-corrected chi connectivity index (χ1v) is 9.73. The Labute approximate surface area is 156 Å². The number of nitriles is 1. The normalized spacial score (nSPS) is 14.4. The summed E-state index contributed by atoms with van der Waals surface area (Å²) >= 11 is 0. The van der Waals surface area contributed by atoms with Crippen LogP contribution < -0.4 is 4.74 Å². The quantitative estimate of drug-likeness (QED) is 0.723. The van der Waals surface area contributed by atoms with Gasteiger partial charge in [-0.05, 0) is 68.7 Å². The van der Waals surface area contributed by atoms with Gasteiger partial charge in [0.25, 0.3) is 0 Å². The van der Waals surface area contributed by atoms with Gasteiger partial charge in [-0.1, -0.05) is 20.3 Å². The average Bonchev–Trinajstić information content (AvgIpc) is 2.66. The van der Waals surface area contributed by atoms with Crippen LogP contribution in [0.1, 0.15) is 68.5 Å². The minimum absolute atomic E-state index is 0.105. The minimum Gasteiger partial charge on any atom is -0.473 e. The first-order valence-electron chi connectivity index (χ1n) is 9.73. The smallest absolute Gasteiger partial charge is 0.232 e. The molecule has 0 amide bonds. The van der Waals surface area contributed by atoms with Crippen LogP contribution in [0.15, 0.2) is 18.3 Å². The summed E-state index contributed by atoms with van der Waals surface area (Å²) in [6.07, 6.45) is 9.09. The molecule has 0 spiro atoms. The number of hydrogen-bond donors (Lipinski definition) is 0. The van der Waals surface area contributed by atoms with E-state index < -0.39 is 0 Å². The van der Waals surface area contributed by atoms with E-state index in [-0.39, 0.29) is 6.10 Å². The van der Waals surface area contributed by atoms with Crippen molar-refractivity contribution in [3.05, 3.63) is 40.8 Å². The van der Waals surface area contributed by atoms with Gasteiger partial charge in [0.1, 0.15) is 17.7 Å². The van der Waals surface area contributed by atoms with Crippen molar-refractivity contribution in [3.8, 4) is 23.1 Å². The molecule has 2 aromatic rings. The molecule has 4 nitrogen and oxygen atoms in total. The molecule has 0 radical (unpaired) electrons. The van der Waals surface area contributed by atoms with E-state index in [1.165, 1.54) is 5.56 Å². The molecule has 3 rings (SSSR count). The maximum atomic E-state index is 9.96. The van der Waals surface area contributed by atoms with Gasteiger partial charge in [0.05, 0.1) is 0 Å². The van der Waals surface area contributed by atoms with Gasteiger partial charge in [-0.2, -0.15) is 5.26 Å². The predicted molar refractivity (Wildman–Crippen MR) is 103 cm³/mol. The van der Waals surface area contributed by atoms with Gasteiger partial charge in [0.15, 0.2) is 0 Å². The summed E-state index contributed by atoms with van der Waals surface area (Å²) in [6.45, 7) is 6.26. The van der Waals surface area contributed by atoms with Crippen molar-refractivity contribution in [1.82, 2.24) is 9.97 Å². The average molecular weight is 349 g/mol. The lowest BCUT2D eigenvalue weighted by atomic mass is 9.87. The van der Waals surface area contributed by atoms with Crippen LogP contribution in [0.4, 0.5) is 0 Å². The molecule has 1 atom stereocenters. The summed E-state index contributed by atoms with van der Waals surface area (Å²) in [5.41, 5.74) is 5.89. The van der Waals surface area contributed by atoms with E-state index in [0.29, 0.717) is 11.4 Å². The van der Waals surface area contributed by atoms with Crippen LogP contribution in [0.5, 0.6) is 5.88 Å². The molecule has 1 aliphatic carbocycles. The third kappa shape index (κ3) is 3.72. The molecule has 1 aliphatic rings. The molecule has 0 saturated carbocycles. The molecule has 136 valence electrons. The summed E-state index contributed by atoms with van der Waals surface area (Å²) in [5, 5.41) is 9.96. The fourth-order valence-corrected chi connectivity index (χ4v) is 3.75. The summed E-state index contributed by atoms with van der Waals surface area (Å²) in [5.74, 6) is 0.512. The third-order valence-corrected chi connectivity index (χ3v) is 5.08. The Hall–Kier alpha value is -2.41. The van der Waals surface area contributed by atoms with Crippen molar-refractivity contribution < 1.29 is 4.74 Å². The van der Waals surface area contributed by atoms with Gasteiger partial charge in [-0.25, -0.2) is 4.98 Å². The van der Waals surface area contributed by atoms with Crippen LogP contribution >= 0.6 is 0 Å². The highest BCUT2D eigenvalue weighted by Gasteiger charge is 2.25. The van der Waals surface area contributed by atoms with Crippen molar-refractivity contribution in [3.63, 3.8) is 0 Å². The van der Waals surface area contributed by atoms with Gasteiger partial charge < -0.3 is 4.74 Å². The highest BCUT2D eigenvalue weighted by Crippen LogP contribution is 2.38. The van der Waals surface area contributed by atoms with Crippen molar-refractivity contribution in [2.45, 2.75) is 71.8 Å². The first kappa shape index (κ1) is 18.4. The Balaban J connectivity index is 2.17. The van der Waals surface area contributed by atoms with Crippen LogP contribution in [0.2, 0.25) is 0 Å². The standard InChI is InChI=1S/C22H27N3O/c1-4-8-17(5-2)26-22-19(14-23)21(16-11-12-24-15(3)13-16)18-9-6-7-10-20(18)25-22/h11-13,17H,4-10H2,1-3H3/t17-/m1/s1. The molecule has 0 bridgehead atoms. The number of rotatable bonds is 6. The maximum absolute atomic E-state index is 9.96. The predicted octanol–water partition coefficient (Wildman–Crippen LogP) is 5.16. The van der Waals surface area contributed by atoms with Crippen LogP contribution in [0, 0.1) is 18.3 Å². The van der Waals surface area contributed by atoms with Gasteiger partial charge in [-0.15, -0.1) is 0 Å². The lowest BCUT2D eigenvalue weighted by molar-refractivity contribution is 0.177. The number of aryl methyl sites for hydroxylation is 2. The molecule has 2 aromatic heterocycles. The zero-order chi connectivity index (χ0) is 18.5. The lowest BCUT2D eigenvalue weighted by Gasteiger charge is -2.24. The monoisotopic (exact) mass is 349 g/mol. The van der Waals surface area contributed by atoms with Gasteiger partial charge >= 0.3 is 0 Å². The third-order valence-electron chi connectivity index (χ3n) is 5.08. The highest BCUT2D eigenvalue weighted by atomic mass is 16.5. The fourth-order valence-electron chi connectivity index (χ4n) is 3.75. The minimum atomic E-state index is 0.105. The molecular formula is C22H27N3O. The molecule has 2 heterocycles. The number of ether oxygens (including phenoxy) is 1. The number of hydrogen-bond acceptors (Lipinski definition) is 4. The van der Waals surface area contributed by atoms with Crippen LogP contribution in [0.3, 0.4) is 0 Å². The number of nitrogens with zero attached hydrogens (tertiary/aromatic N) is 3. The molecular weight excluding hydrogens is 322 g/mol. The molecule has 0 N–H and O–H groups in total. The van der Waals surface area contributed by atoms with Crippen molar-refractivity contribution >= 4 is 0 Å². The lowest BCUT2D eigenvalue weighted by Crippen LogP contribution is -2.19. The molecule has 0 aromatic carbocycles. The molecule has 4 heteroatoms. The number of pyridine rings is 2. The first-order chi connectivity index (χ1) is 12.7. The fraction of sp³-hybridized carbons (Fsp3) is 0.500. The van der Waals surface area contributed by atoms with E-state index in [0.717, 1.165) is 67.5 Å². The second-order valence-electron chi connectivity index (χ2n) is 7.03. The maximum Gasteiger partial charge on any atom is 0.232 e. The van der Waals surface area contributed by atoms with E-state index >= 15 is 0 Å². The topological polar surface area (TPSA) is 58.8 Å². The van der Waals surface area contributed by atoms with Crippen molar-refractivity contribution in [1.29, 1.82) is 5.26 Å². The van der Waals surface area contributed by atoms with Crippen molar-refractivity contribution in [2.24, 2.45) is 0 Å². The Bertz CT molecular complexity index is 823. The number of fused-ring (bicyclic) bond motifs is 1. The number of aromatic nitrogens is 2. The molecule has 0 saturated heterocycles. The van der Waals surface area contributed by atoms with Crippen LogP contribution in [0.25, 0.3) is 11.1 Å². The summed E-state index contributed by atoms with van der Waals surface area (Å²) < 4.78 is 6.24. The Morgan fingerprint density at radius 2 is 2.08 bits per heavy atom. The Morgan fingerprint density at radius 1 is 1.27 bits per heavy atom. The summed E-state index contributed by atoms with van der Waals surface area (Å²) in [4.78, 5) is 9.11. The summed E-state index contributed by atoms with van der Waals surface area (Å²) in [6, 6.07) is 6.44. The highest BCUT2D eigenvalue weighted by molar-refractivity contribution is 5.77. The van der Waals surface area contributed by atoms with E-state index in [1.54, 1.807) is 0 Å². The molecule has 26 heavy (non-hydrogen) atoms. The van der Waals surface area contributed by atoms with E-state index in [4.69, 9.17) is 9.72 Å². The van der Waals surface area contributed by atoms with E-state index in [9.17, 15) is 5.26 Å². The van der Waals surface area contributed by atoms with Crippen LogP contribution in [-0.4, -0.2) is 16.1 Å². The molecule has 0 unspecified atom stereocenters. The largest absolute Gasteiger partial charge is 0.473 e. The molecule has 0 aliphatic heterocycles. The van der Waals surface area contributed by atoms with Crippen molar-refractivity contribution in [2.75, 3.05) is 0 Å². The van der Waals surface area contributed by atoms with Crippen LogP contribution in [-0.2, 0) is 12.8 Å². The van der Waals surface area contributed by atoms with Gasteiger partial charge in [-0.3, -0.25) is 4.98 Å². The second-order valence-corrected chi connectivity index (χ2v) is 7.03. The Kier molecular flexibility index (Phi) is 5.88. The summed E-state index contributed by atoms with van der Waals surface area (Å²) in [7, 11) is 0. The van der Waals surface area contributed by atoms with E-state index in [2.05, 4.69) is 31.0 Å².